The van der Waals surface area contributed by atoms with E-state index in [-0.39, 0.29) is 0 Å². The highest BCUT2D eigenvalue weighted by Gasteiger charge is 2.27. The molecule has 0 amide bonds. The first kappa shape index (κ1) is 14.3. The smallest absolute Gasteiger partial charge is 0.309 e. The molecule has 0 fully saturated rings. The number of rotatable bonds is 4. The predicted octanol–water partition coefficient (Wildman–Crippen LogP) is 3.05. The van der Waals surface area contributed by atoms with E-state index in [1.54, 1.807) is 18.5 Å². The molecule has 4 heteroatoms. The zero-order valence-electron chi connectivity index (χ0n) is 12.3. The number of aryl methyl sites for hydroxylation is 2. The molecule has 4 nitrogen and oxygen atoms in total. The molecule has 2 rings (SSSR count). The van der Waals surface area contributed by atoms with Crippen LogP contribution in [0.2, 0.25) is 0 Å². The number of carbonyl (C=O) groups is 1. The summed E-state index contributed by atoms with van der Waals surface area (Å²) in [4.78, 5) is 11.2. The first-order valence-electron chi connectivity index (χ1n) is 6.61. The number of aromatic nitrogens is 2. The third kappa shape index (κ3) is 2.90. The van der Waals surface area contributed by atoms with E-state index in [1.807, 2.05) is 38.5 Å². The molecule has 106 valence electrons. The van der Waals surface area contributed by atoms with Gasteiger partial charge in [0.25, 0.3) is 0 Å². The maximum Gasteiger partial charge on any atom is 0.309 e. The van der Waals surface area contributed by atoms with Crippen LogP contribution in [0.15, 0.2) is 30.6 Å². The second-order valence-corrected chi connectivity index (χ2v) is 5.92. The standard InChI is InChI=1S/C16H20N2O2/c1-11-7-12(8-16(2,3)15(19)20)5-6-14(11)13-9-17-18(4)10-13/h5-7,9-10H,8H2,1-4H3,(H,19,20). The molecule has 0 aliphatic rings. The Bertz CT molecular complexity index is 642. The molecule has 0 aliphatic heterocycles. The highest BCUT2D eigenvalue weighted by molar-refractivity contribution is 5.74. The molecule has 20 heavy (non-hydrogen) atoms. The molecule has 1 aromatic carbocycles. The minimum Gasteiger partial charge on any atom is -0.481 e. The minimum absolute atomic E-state index is 0.524. The summed E-state index contributed by atoms with van der Waals surface area (Å²) in [5.74, 6) is -0.772. The zero-order chi connectivity index (χ0) is 14.9. The summed E-state index contributed by atoms with van der Waals surface area (Å²) in [5.41, 5.74) is 3.64. The normalized spacial score (nSPS) is 11.6. The van der Waals surface area contributed by atoms with Crippen LogP contribution >= 0.6 is 0 Å². The number of carboxylic acid groups (broad SMARTS) is 1. The number of aliphatic carboxylic acids is 1. The fourth-order valence-corrected chi connectivity index (χ4v) is 2.31. The number of hydrogen-bond acceptors (Lipinski definition) is 2. The second-order valence-electron chi connectivity index (χ2n) is 5.92. The van der Waals surface area contributed by atoms with Gasteiger partial charge in [-0.15, -0.1) is 0 Å². The topological polar surface area (TPSA) is 55.1 Å². The maximum absolute atomic E-state index is 11.2. The molecule has 1 N–H and O–H groups in total. The Hall–Kier alpha value is -2.10. The maximum atomic E-state index is 11.2. The molecule has 0 bridgehead atoms. The second kappa shape index (κ2) is 5.12. The van der Waals surface area contributed by atoms with Crippen molar-refractivity contribution >= 4 is 5.97 Å². The van der Waals surface area contributed by atoms with Crippen LogP contribution in [0.4, 0.5) is 0 Å². The van der Waals surface area contributed by atoms with E-state index < -0.39 is 11.4 Å². The van der Waals surface area contributed by atoms with Crippen molar-refractivity contribution in [2.45, 2.75) is 27.2 Å². The Morgan fingerprint density at radius 1 is 1.40 bits per heavy atom. The van der Waals surface area contributed by atoms with E-state index in [0.29, 0.717) is 6.42 Å². The average Bonchev–Trinajstić information content (AvgIpc) is 2.75. The first-order chi connectivity index (χ1) is 9.29. The van der Waals surface area contributed by atoms with E-state index in [0.717, 1.165) is 22.3 Å². The average molecular weight is 272 g/mol. The zero-order valence-corrected chi connectivity index (χ0v) is 12.3. The van der Waals surface area contributed by atoms with Gasteiger partial charge in [0.1, 0.15) is 0 Å². The quantitative estimate of drug-likeness (QED) is 0.930. The fraction of sp³-hybridized carbons (Fsp3) is 0.375. The summed E-state index contributed by atoms with van der Waals surface area (Å²) in [6.07, 6.45) is 4.34. The van der Waals surface area contributed by atoms with Crippen molar-refractivity contribution in [2.24, 2.45) is 12.5 Å². The third-order valence-electron chi connectivity index (χ3n) is 3.53. The summed E-state index contributed by atoms with van der Waals surface area (Å²) in [5, 5.41) is 13.4. The first-order valence-corrected chi connectivity index (χ1v) is 6.61. The molecule has 0 spiro atoms. The van der Waals surface area contributed by atoms with Gasteiger partial charge in [0, 0.05) is 18.8 Å². The summed E-state index contributed by atoms with van der Waals surface area (Å²) in [6.45, 7) is 5.54. The van der Waals surface area contributed by atoms with E-state index in [1.165, 1.54) is 0 Å². The van der Waals surface area contributed by atoms with Gasteiger partial charge in [-0.05, 0) is 43.9 Å². The number of benzene rings is 1. The van der Waals surface area contributed by atoms with Gasteiger partial charge < -0.3 is 5.11 Å². The lowest BCUT2D eigenvalue weighted by atomic mass is 9.85. The lowest BCUT2D eigenvalue weighted by molar-refractivity contribution is -0.146. The van der Waals surface area contributed by atoms with Gasteiger partial charge in [0.05, 0.1) is 11.6 Å². The van der Waals surface area contributed by atoms with Gasteiger partial charge in [-0.2, -0.15) is 5.10 Å². The van der Waals surface area contributed by atoms with Gasteiger partial charge in [0.2, 0.25) is 0 Å². The molecule has 0 saturated carbocycles. The molecular formula is C16H20N2O2. The summed E-state index contributed by atoms with van der Waals surface area (Å²) in [6, 6.07) is 6.10. The van der Waals surface area contributed by atoms with E-state index in [2.05, 4.69) is 11.2 Å². The number of nitrogens with zero attached hydrogens (tertiary/aromatic N) is 2. The Balaban J connectivity index is 2.29. The Labute approximate surface area is 119 Å². The van der Waals surface area contributed by atoms with Crippen molar-refractivity contribution < 1.29 is 9.90 Å². The summed E-state index contributed by atoms with van der Waals surface area (Å²) >= 11 is 0. The van der Waals surface area contributed by atoms with Crippen molar-refractivity contribution in [1.29, 1.82) is 0 Å². The van der Waals surface area contributed by atoms with E-state index in [4.69, 9.17) is 0 Å². The number of carboxylic acids is 1. The van der Waals surface area contributed by atoms with Crippen LogP contribution in [0.3, 0.4) is 0 Å². The lowest BCUT2D eigenvalue weighted by Crippen LogP contribution is -2.26. The van der Waals surface area contributed by atoms with Gasteiger partial charge in [-0.1, -0.05) is 18.2 Å². The van der Waals surface area contributed by atoms with Gasteiger partial charge >= 0.3 is 5.97 Å². The van der Waals surface area contributed by atoms with Crippen molar-refractivity contribution in [1.82, 2.24) is 9.78 Å². The molecule has 0 aliphatic carbocycles. The molecule has 0 atom stereocenters. The van der Waals surface area contributed by atoms with Crippen molar-refractivity contribution in [3.8, 4) is 11.1 Å². The van der Waals surface area contributed by atoms with Crippen LogP contribution in [-0.4, -0.2) is 20.9 Å². The molecule has 1 heterocycles. The molecule has 0 unspecified atom stereocenters. The van der Waals surface area contributed by atoms with Gasteiger partial charge in [-0.25, -0.2) is 0 Å². The monoisotopic (exact) mass is 272 g/mol. The molecule has 0 saturated heterocycles. The highest BCUT2D eigenvalue weighted by Crippen LogP contribution is 2.27. The van der Waals surface area contributed by atoms with Crippen molar-refractivity contribution in [2.75, 3.05) is 0 Å². The molecule has 2 aromatic rings. The van der Waals surface area contributed by atoms with E-state index >= 15 is 0 Å². The Morgan fingerprint density at radius 3 is 2.60 bits per heavy atom. The fourth-order valence-electron chi connectivity index (χ4n) is 2.31. The van der Waals surface area contributed by atoms with Gasteiger partial charge in [-0.3, -0.25) is 9.48 Å². The van der Waals surface area contributed by atoms with Crippen LogP contribution in [0.5, 0.6) is 0 Å². The van der Waals surface area contributed by atoms with Crippen LogP contribution < -0.4 is 0 Å². The van der Waals surface area contributed by atoms with Crippen LogP contribution in [-0.2, 0) is 18.3 Å². The molecular weight excluding hydrogens is 252 g/mol. The van der Waals surface area contributed by atoms with E-state index in [9.17, 15) is 9.90 Å². The molecule has 1 aromatic heterocycles. The SMILES string of the molecule is Cc1cc(CC(C)(C)C(=O)O)ccc1-c1cnn(C)c1. The highest BCUT2D eigenvalue weighted by atomic mass is 16.4. The van der Waals surface area contributed by atoms with Crippen molar-refractivity contribution in [3.05, 3.63) is 41.7 Å². The summed E-state index contributed by atoms with van der Waals surface area (Å²) < 4.78 is 1.77. The number of hydrogen-bond donors (Lipinski definition) is 1. The van der Waals surface area contributed by atoms with Crippen LogP contribution in [0.1, 0.15) is 25.0 Å². The lowest BCUT2D eigenvalue weighted by Gasteiger charge is -2.19. The third-order valence-corrected chi connectivity index (χ3v) is 3.53. The molecule has 0 radical (unpaired) electrons. The largest absolute Gasteiger partial charge is 0.481 e. The summed E-state index contributed by atoms with van der Waals surface area (Å²) in [7, 11) is 1.89. The predicted molar refractivity (Wildman–Crippen MR) is 78.5 cm³/mol. The van der Waals surface area contributed by atoms with Gasteiger partial charge in [0.15, 0.2) is 0 Å². The van der Waals surface area contributed by atoms with Crippen LogP contribution in [0.25, 0.3) is 11.1 Å². The minimum atomic E-state index is -0.772. The Morgan fingerprint density at radius 2 is 2.10 bits per heavy atom. The van der Waals surface area contributed by atoms with Crippen molar-refractivity contribution in [3.63, 3.8) is 0 Å². The Kier molecular flexibility index (Phi) is 3.66. The van der Waals surface area contributed by atoms with Crippen LogP contribution in [0, 0.1) is 12.3 Å².